The summed E-state index contributed by atoms with van der Waals surface area (Å²) in [5.74, 6) is 1.60. The summed E-state index contributed by atoms with van der Waals surface area (Å²) in [5, 5.41) is 0. The Labute approximate surface area is 66.8 Å². The van der Waals surface area contributed by atoms with E-state index in [1.54, 1.807) is 0 Å². The van der Waals surface area contributed by atoms with Crippen LogP contribution in [0.1, 0.15) is 32.1 Å². The highest BCUT2D eigenvalue weighted by atomic mass is 35.5. The molecule has 10 heavy (non-hydrogen) atoms. The number of Topliss-reactive ketones (excluding diaryl/α,β-unsaturated/α-hetero) is 1. The molecule has 1 aliphatic rings. The largest absolute Gasteiger partial charge is 0.299 e. The molecule has 0 atom stereocenters. The molecule has 0 aliphatic heterocycles. The second-order valence-electron chi connectivity index (χ2n) is 2.89. The molecule has 0 aromatic rings. The van der Waals surface area contributed by atoms with Gasteiger partial charge in [0.2, 0.25) is 0 Å². The Morgan fingerprint density at radius 3 is 2.60 bits per heavy atom. The lowest BCUT2D eigenvalue weighted by Gasteiger charge is -1.94. The van der Waals surface area contributed by atoms with E-state index in [0.717, 1.165) is 32.1 Å². The van der Waals surface area contributed by atoms with Crippen LogP contribution < -0.4 is 0 Å². The lowest BCUT2D eigenvalue weighted by molar-refractivity contribution is -0.120. The summed E-state index contributed by atoms with van der Waals surface area (Å²) < 4.78 is 0. The number of carbonyl (C=O) groups is 1. The fraction of sp³-hybridized carbons (Fsp3) is 0.875. The highest BCUT2D eigenvalue weighted by molar-refractivity contribution is 6.17. The van der Waals surface area contributed by atoms with Gasteiger partial charge in [-0.25, -0.2) is 0 Å². The van der Waals surface area contributed by atoms with Crippen LogP contribution >= 0.6 is 11.6 Å². The zero-order valence-corrected chi connectivity index (χ0v) is 6.86. The van der Waals surface area contributed by atoms with Gasteiger partial charge in [0.1, 0.15) is 5.78 Å². The Kier molecular flexibility index (Phi) is 3.20. The van der Waals surface area contributed by atoms with Crippen molar-refractivity contribution in [2.45, 2.75) is 32.1 Å². The normalized spacial score (nSPS) is 17.3. The van der Waals surface area contributed by atoms with E-state index < -0.39 is 0 Å². The lowest BCUT2D eigenvalue weighted by atomic mass is 10.1. The quantitative estimate of drug-likeness (QED) is 0.446. The van der Waals surface area contributed by atoms with E-state index in [4.69, 9.17) is 11.6 Å². The fourth-order valence-corrected chi connectivity index (χ4v) is 1.19. The van der Waals surface area contributed by atoms with Crippen LogP contribution in [0.25, 0.3) is 0 Å². The van der Waals surface area contributed by atoms with Gasteiger partial charge in [0.25, 0.3) is 0 Å². The van der Waals surface area contributed by atoms with Gasteiger partial charge in [0.05, 0.1) is 0 Å². The van der Waals surface area contributed by atoms with E-state index in [1.807, 2.05) is 0 Å². The van der Waals surface area contributed by atoms with Crippen LogP contribution in [-0.4, -0.2) is 11.7 Å². The second-order valence-corrected chi connectivity index (χ2v) is 3.26. The van der Waals surface area contributed by atoms with Crippen molar-refractivity contribution in [1.82, 2.24) is 0 Å². The van der Waals surface area contributed by atoms with Gasteiger partial charge in [-0.05, 0) is 25.7 Å². The van der Waals surface area contributed by atoms with E-state index in [0.29, 0.717) is 17.6 Å². The summed E-state index contributed by atoms with van der Waals surface area (Å²) >= 11 is 5.47. The summed E-state index contributed by atoms with van der Waals surface area (Å²) in [6, 6.07) is 0. The maximum absolute atomic E-state index is 11.0. The Bertz CT molecular complexity index is 118. The number of hydrogen-bond acceptors (Lipinski definition) is 1. The number of carbonyl (C=O) groups excluding carboxylic acids is 1. The number of unbranched alkanes of at least 4 members (excludes halogenated alkanes) is 1. The zero-order chi connectivity index (χ0) is 7.40. The number of hydrogen-bond donors (Lipinski definition) is 0. The first kappa shape index (κ1) is 8.06. The predicted octanol–water partition coefficient (Wildman–Crippen LogP) is 2.37. The molecular weight excluding hydrogens is 148 g/mol. The van der Waals surface area contributed by atoms with Crippen LogP contribution in [0.3, 0.4) is 0 Å². The molecule has 0 radical (unpaired) electrons. The van der Waals surface area contributed by atoms with Gasteiger partial charge >= 0.3 is 0 Å². The maximum Gasteiger partial charge on any atom is 0.135 e. The molecule has 0 saturated heterocycles. The Hall–Kier alpha value is -0.0400. The van der Waals surface area contributed by atoms with Crippen molar-refractivity contribution in [3.63, 3.8) is 0 Å². The van der Waals surface area contributed by atoms with Crippen LogP contribution in [0.5, 0.6) is 0 Å². The first-order chi connectivity index (χ1) is 4.84. The number of alkyl halides is 1. The fourth-order valence-electron chi connectivity index (χ4n) is 1.00. The van der Waals surface area contributed by atoms with Crippen LogP contribution in [0.2, 0.25) is 0 Å². The average molecular weight is 161 g/mol. The molecular formula is C8H13ClO. The molecule has 0 aromatic heterocycles. The second kappa shape index (κ2) is 3.97. The molecule has 1 saturated carbocycles. The van der Waals surface area contributed by atoms with Crippen molar-refractivity contribution in [2.24, 2.45) is 5.92 Å². The van der Waals surface area contributed by atoms with Crippen molar-refractivity contribution in [3.05, 3.63) is 0 Å². The standard InChI is InChI=1S/C8H13ClO/c9-6-2-1-3-8(10)7-4-5-7/h7H,1-6H2. The minimum Gasteiger partial charge on any atom is -0.299 e. The Morgan fingerprint density at radius 1 is 1.40 bits per heavy atom. The molecule has 1 fully saturated rings. The third-order valence-corrected chi connectivity index (χ3v) is 2.11. The summed E-state index contributed by atoms with van der Waals surface area (Å²) in [6.07, 6.45) is 5.01. The molecule has 0 amide bonds. The van der Waals surface area contributed by atoms with Gasteiger partial charge in [-0.1, -0.05) is 0 Å². The van der Waals surface area contributed by atoms with Gasteiger partial charge < -0.3 is 0 Å². The van der Waals surface area contributed by atoms with Crippen molar-refractivity contribution >= 4 is 17.4 Å². The lowest BCUT2D eigenvalue weighted by Crippen LogP contribution is -1.99. The molecule has 1 rings (SSSR count). The van der Waals surface area contributed by atoms with Crippen LogP contribution in [-0.2, 0) is 4.79 Å². The average Bonchev–Trinajstić information content (AvgIpc) is 2.69. The Morgan fingerprint density at radius 2 is 2.10 bits per heavy atom. The first-order valence-corrected chi connectivity index (χ1v) is 4.46. The SMILES string of the molecule is O=C(CCCCCl)C1CC1. The minimum atomic E-state index is 0.440. The minimum absolute atomic E-state index is 0.440. The summed E-state index contributed by atoms with van der Waals surface area (Å²) in [7, 11) is 0. The van der Waals surface area contributed by atoms with E-state index in [2.05, 4.69) is 0 Å². The molecule has 0 heterocycles. The topological polar surface area (TPSA) is 17.1 Å². The highest BCUT2D eigenvalue weighted by Gasteiger charge is 2.28. The Balaban J connectivity index is 1.95. The first-order valence-electron chi connectivity index (χ1n) is 3.93. The van der Waals surface area contributed by atoms with Gasteiger partial charge in [0.15, 0.2) is 0 Å². The van der Waals surface area contributed by atoms with Crippen molar-refractivity contribution in [1.29, 1.82) is 0 Å². The molecule has 1 aliphatic carbocycles. The predicted molar refractivity (Wildman–Crippen MR) is 42.3 cm³/mol. The van der Waals surface area contributed by atoms with Crippen molar-refractivity contribution in [3.8, 4) is 0 Å². The molecule has 0 aromatic carbocycles. The molecule has 0 spiro atoms. The summed E-state index contributed by atoms with van der Waals surface area (Å²) in [6.45, 7) is 0. The van der Waals surface area contributed by atoms with Crippen molar-refractivity contribution < 1.29 is 4.79 Å². The van der Waals surface area contributed by atoms with Crippen LogP contribution in [0.15, 0.2) is 0 Å². The van der Waals surface area contributed by atoms with Gasteiger partial charge in [-0.15, -0.1) is 11.6 Å². The molecule has 0 N–H and O–H groups in total. The third kappa shape index (κ3) is 2.70. The maximum atomic E-state index is 11.0. The molecule has 1 nitrogen and oxygen atoms in total. The molecule has 58 valence electrons. The smallest absolute Gasteiger partial charge is 0.135 e. The number of ketones is 1. The number of halogens is 1. The highest BCUT2D eigenvalue weighted by Crippen LogP contribution is 2.31. The molecule has 0 bridgehead atoms. The van der Waals surface area contributed by atoms with Crippen LogP contribution in [0, 0.1) is 5.92 Å². The molecule has 0 unspecified atom stereocenters. The third-order valence-electron chi connectivity index (χ3n) is 1.84. The van der Waals surface area contributed by atoms with E-state index in [-0.39, 0.29) is 0 Å². The zero-order valence-electron chi connectivity index (χ0n) is 6.11. The van der Waals surface area contributed by atoms with Crippen molar-refractivity contribution in [2.75, 3.05) is 5.88 Å². The number of rotatable bonds is 5. The van der Waals surface area contributed by atoms with Gasteiger partial charge in [-0.2, -0.15) is 0 Å². The summed E-state index contributed by atoms with van der Waals surface area (Å²) in [4.78, 5) is 11.0. The van der Waals surface area contributed by atoms with E-state index >= 15 is 0 Å². The summed E-state index contributed by atoms with van der Waals surface area (Å²) in [5.41, 5.74) is 0. The van der Waals surface area contributed by atoms with Crippen LogP contribution in [0.4, 0.5) is 0 Å². The van der Waals surface area contributed by atoms with E-state index in [9.17, 15) is 4.79 Å². The monoisotopic (exact) mass is 160 g/mol. The van der Waals surface area contributed by atoms with Gasteiger partial charge in [0, 0.05) is 18.2 Å². The molecule has 2 heteroatoms. The van der Waals surface area contributed by atoms with Gasteiger partial charge in [-0.3, -0.25) is 4.79 Å². The van der Waals surface area contributed by atoms with E-state index in [1.165, 1.54) is 0 Å².